The molecule has 0 atom stereocenters. The first-order valence-electron chi connectivity index (χ1n) is 7.52. The second-order valence-electron chi connectivity index (χ2n) is 5.43. The summed E-state index contributed by atoms with van der Waals surface area (Å²) in [5, 5.41) is 4.13. The third kappa shape index (κ3) is 3.78. The first-order valence-corrected chi connectivity index (χ1v) is 7.90. The van der Waals surface area contributed by atoms with E-state index in [1.165, 1.54) is 24.0 Å². The number of benzene rings is 2. The summed E-state index contributed by atoms with van der Waals surface area (Å²) in [5.41, 5.74) is 3.47. The van der Waals surface area contributed by atoms with E-state index in [1.54, 1.807) is 0 Å². The van der Waals surface area contributed by atoms with E-state index in [2.05, 4.69) is 36.5 Å². The zero-order valence-electron chi connectivity index (χ0n) is 12.2. The third-order valence-corrected chi connectivity index (χ3v) is 3.97. The van der Waals surface area contributed by atoms with Crippen LogP contribution in [-0.4, -0.2) is 12.6 Å². The highest BCUT2D eigenvalue weighted by molar-refractivity contribution is 6.31. The van der Waals surface area contributed by atoms with Crippen molar-refractivity contribution in [1.82, 2.24) is 5.32 Å². The standard InChI is InChI=1S/C18H20ClNO/c1-2-20-12-15-10-14(6-9-18(15)19)13-4-3-5-17(11-13)21-16-7-8-16/h3-6,9-11,16,20H,2,7-8,12H2,1H3. The van der Waals surface area contributed by atoms with Crippen LogP contribution in [0.5, 0.6) is 5.75 Å². The Kier molecular flexibility index (Phi) is 4.47. The van der Waals surface area contributed by atoms with Crippen LogP contribution in [0, 0.1) is 0 Å². The van der Waals surface area contributed by atoms with Crippen LogP contribution < -0.4 is 10.1 Å². The molecule has 2 aromatic carbocycles. The molecule has 1 fully saturated rings. The van der Waals surface area contributed by atoms with Crippen LogP contribution in [0.3, 0.4) is 0 Å². The van der Waals surface area contributed by atoms with Crippen molar-refractivity contribution in [3.05, 3.63) is 53.1 Å². The normalized spacial score (nSPS) is 14.2. The van der Waals surface area contributed by atoms with Crippen molar-refractivity contribution in [3.8, 4) is 16.9 Å². The molecule has 0 heterocycles. The maximum Gasteiger partial charge on any atom is 0.120 e. The lowest BCUT2D eigenvalue weighted by atomic mass is 10.0. The summed E-state index contributed by atoms with van der Waals surface area (Å²) in [7, 11) is 0. The molecule has 1 aliphatic rings. The highest BCUT2D eigenvalue weighted by atomic mass is 35.5. The number of hydrogen-bond acceptors (Lipinski definition) is 2. The molecular formula is C18H20ClNO. The summed E-state index contributed by atoms with van der Waals surface area (Å²) < 4.78 is 5.87. The molecule has 0 radical (unpaired) electrons. The van der Waals surface area contributed by atoms with Gasteiger partial charge in [0.05, 0.1) is 6.10 Å². The van der Waals surface area contributed by atoms with Gasteiger partial charge in [-0.1, -0.05) is 36.7 Å². The lowest BCUT2D eigenvalue weighted by Gasteiger charge is -2.10. The van der Waals surface area contributed by atoms with E-state index in [4.69, 9.17) is 16.3 Å². The van der Waals surface area contributed by atoms with Gasteiger partial charge in [0.15, 0.2) is 0 Å². The van der Waals surface area contributed by atoms with Gasteiger partial charge in [-0.15, -0.1) is 0 Å². The highest BCUT2D eigenvalue weighted by Gasteiger charge is 2.23. The molecule has 2 aromatic rings. The van der Waals surface area contributed by atoms with E-state index >= 15 is 0 Å². The second-order valence-corrected chi connectivity index (χ2v) is 5.84. The molecular weight excluding hydrogens is 282 g/mol. The Bertz CT molecular complexity index is 622. The van der Waals surface area contributed by atoms with E-state index in [9.17, 15) is 0 Å². The molecule has 110 valence electrons. The minimum atomic E-state index is 0.426. The van der Waals surface area contributed by atoms with Gasteiger partial charge in [-0.3, -0.25) is 0 Å². The maximum absolute atomic E-state index is 6.26. The Balaban J connectivity index is 1.84. The van der Waals surface area contributed by atoms with Crippen LogP contribution in [-0.2, 0) is 6.54 Å². The quantitative estimate of drug-likeness (QED) is 0.838. The highest BCUT2D eigenvalue weighted by Crippen LogP contribution is 2.31. The van der Waals surface area contributed by atoms with Gasteiger partial charge in [-0.05, 0) is 60.3 Å². The predicted molar refractivity (Wildman–Crippen MR) is 87.9 cm³/mol. The number of nitrogens with one attached hydrogen (secondary N) is 1. The van der Waals surface area contributed by atoms with Gasteiger partial charge in [0.25, 0.3) is 0 Å². The Morgan fingerprint density at radius 1 is 1.14 bits per heavy atom. The Morgan fingerprint density at radius 2 is 1.95 bits per heavy atom. The van der Waals surface area contributed by atoms with E-state index in [0.717, 1.165) is 29.4 Å². The summed E-state index contributed by atoms with van der Waals surface area (Å²) in [6.07, 6.45) is 2.78. The van der Waals surface area contributed by atoms with Gasteiger partial charge < -0.3 is 10.1 Å². The van der Waals surface area contributed by atoms with Crippen LogP contribution in [0.4, 0.5) is 0 Å². The number of hydrogen-bond donors (Lipinski definition) is 1. The molecule has 3 heteroatoms. The Labute approximate surface area is 131 Å². The molecule has 0 amide bonds. The van der Waals surface area contributed by atoms with Crippen molar-refractivity contribution < 1.29 is 4.74 Å². The zero-order valence-corrected chi connectivity index (χ0v) is 13.0. The molecule has 1 N–H and O–H groups in total. The van der Waals surface area contributed by atoms with Gasteiger partial charge >= 0.3 is 0 Å². The minimum absolute atomic E-state index is 0.426. The van der Waals surface area contributed by atoms with Crippen molar-refractivity contribution in [2.75, 3.05) is 6.54 Å². The van der Waals surface area contributed by atoms with E-state index in [-0.39, 0.29) is 0 Å². The third-order valence-electron chi connectivity index (χ3n) is 3.61. The largest absolute Gasteiger partial charge is 0.490 e. The average Bonchev–Trinajstić information content (AvgIpc) is 3.31. The number of ether oxygens (including phenoxy) is 1. The van der Waals surface area contributed by atoms with Gasteiger partial charge in [-0.25, -0.2) is 0 Å². The zero-order chi connectivity index (χ0) is 14.7. The SMILES string of the molecule is CCNCc1cc(-c2cccc(OC3CC3)c2)ccc1Cl. The fraction of sp³-hybridized carbons (Fsp3) is 0.333. The van der Waals surface area contributed by atoms with Crippen LogP contribution in [0.2, 0.25) is 5.02 Å². The van der Waals surface area contributed by atoms with E-state index in [0.29, 0.717) is 6.10 Å². The molecule has 0 aromatic heterocycles. The van der Waals surface area contributed by atoms with E-state index < -0.39 is 0 Å². The number of rotatable bonds is 6. The van der Waals surface area contributed by atoms with Crippen LogP contribution in [0.25, 0.3) is 11.1 Å². The van der Waals surface area contributed by atoms with Gasteiger partial charge in [-0.2, -0.15) is 0 Å². The lowest BCUT2D eigenvalue weighted by Crippen LogP contribution is -2.12. The molecule has 0 saturated heterocycles. The Morgan fingerprint density at radius 3 is 2.71 bits per heavy atom. The molecule has 2 nitrogen and oxygen atoms in total. The molecule has 0 unspecified atom stereocenters. The van der Waals surface area contributed by atoms with E-state index in [1.807, 2.05) is 18.2 Å². The second kappa shape index (κ2) is 6.50. The molecule has 3 rings (SSSR count). The van der Waals surface area contributed by atoms with Crippen molar-refractivity contribution in [1.29, 1.82) is 0 Å². The van der Waals surface area contributed by atoms with Crippen LogP contribution in [0.1, 0.15) is 25.3 Å². The average molecular weight is 302 g/mol. The first-order chi connectivity index (χ1) is 10.3. The van der Waals surface area contributed by atoms with Gasteiger partial charge in [0.2, 0.25) is 0 Å². The molecule has 0 bridgehead atoms. The van der Waals surface area contributed by atoms with Crippen molar-refractivity contribution in [2.45, 2.75) is 32.4 Å². The van der Waals surface area contributed by atoms with Crippen molar-refractivity contribution >= 4 is 11.6 Å². The predicted octanol–water partition coefficient (Wildman–Crippen LogP) is 4.66. The van der Waals surface area contributed by atoms with Crippen LogP contribution in [0.15, 0.2) is 42.5 Å². The van der Waals surface area contributed by atoms with Gasteiger partial charge in [0.1, 0.15) is 5.75 Å². The van der Waals surface area contributed by atoms with Crippen molar-refractivity contribution in [2.24, 2.45) is 0 Å². The van der Waals surface area contributed by atoms with Crippen LogP contribution >= 0.6 is 11.6 Å². The fourth-order valence-corrected chi connectivity index (χ4v) is 2.46. The first kappa shape index (κ1) is 14.4. The molecule has 0 aliphatic heterocycles. The monoisotopic (exact) mass is 301 g/mol. The Hall–Kier alpha value is -1.51. The fourth-order valence-electron chi connectivity index (χ4n) is 2.28. The van der Waals surface area contributed by atoms with Gasteiger partial charge in [0, 0.05) is 11.6 Å². The minimum Gasteiger partial charge on any atom is -0.490 e. The smallest absolute Gasteiger partial charge is 0.120 e. The molecule has 1 saturated carbocycles. The van der Waals surface area contributed by atoms with Crippen molar-refractivity contribution in [3.63, 3.8) is 0 Å². The summed E-state index contributed by atoms with van der Waals surface area (Å²) in [4.78, 5) is 0. The molecule has 21 heavy (non-hydrogen) atoms. The summed E-state index contributed by atoms with van der Waals surface area (Å²) in [6.45, 7) is 3.82. The summed E-state index contributed by atoms with van der Waals surface area (Å²) in [6, 6.07) is 14.5. The number of halogens is 1. The summed E-state index contributed by atoms with van der Waals surface area (Å²) in [5.74, 6) is 0.957. The maximum atomic E-state index is 6.26. The topological polar surface area (TPSA) is 21.3 Å². The lowest BCUT2D eigenvalue weighted by molar-refractivity contribution is 0.303. The summed E-state index contributed by atoms with van der Waals surface area (Å²) >= 11 is 6.26. The molecule has 1 aliphatic carbocycles. The molecule has 0 spiro atoms.